The molecule has 4 aromatic carbocycles. The number of carbonyl (C=O) groups excluding carboxylic acids is 1. The van der Waals surface area contributed by atoms with Gasteiger partial charge in [-0.2, -0.15) is 0 Å². The van der Waals surface area contributed by atoms with E-state index in [1.165, 1.54) is 0 Å². The van der Waals surface area contributed by atoms with Crippen molar-refractivity contribution < 1.29 is 15.0 Å². The first-order chi connectivity index (χ1) is 20.6. The molecule has 2 N–H and O–H groups in total. The molecule has 1 fully saturated rings. The maximum Gasteiger partial charge on any atom is 0.321 e. The highest BCUT2D eigenvalue weighted by atomic mass is 16.3. The maximum absolute atomic E-state index is 14.5. The van der Waals surface area contributed by atoms with E-state index in [-0.39, 0.29) is 6.03 Å². The zero-order valence-corrected chi connectivity index (χ0v) is 23.7. The molecule has 0 unspecified atom stereocenters. The molecule has 4 atom stereocenters. The van der Waals surface area contributed by atoms with E-state index in [0.29, 0.717) is 25.9 Å². The molecule has 5 rings (SSSR count). The Morgan fingerprint density at radius 3 is 1.21 bits per heavy atom. The topological polar surface area (TPSA) is 64.0 Å². The van der Waals surface area contributed by atoms with Crippen LogP contribution in [0.15, 0.2) is 133 Å². The minimum absolute atomic E-state index is 0.206. The third kappa shape index (κ3) is 7.43. The Hall–Kier alpha value is -4.45. The normalized spacial score (nSPS) is 21.2. The SMILES string of the molecule is O=C1N(C/C=C/c2ccccc2)[C@H](Cc2ccccc2)[C@H](O)[C@@H](O)[C@@H](Cc2ccccc2)N1C/C=C/c1ccccc1. The molecule has 0 aromatic heterocycles. The average Bonchev–Trinajstić information content (AvgIpc) is 3.10. The highest BCUT2D eigenvalue weighted by Gasteiger charge is 2.45. The van der Waals surface area contributed by atoms with Crippen LogP contribution in [0.3, 0.4) is 0 Å². The van der Waals surface area contributed by atoms with Crippen LogP contribution in [0.25, 0.3) is 12.2 Å². The van der Waals surface area contributed by atoms with Gasteiger partial charge in [0.15, 0.2) is 0 Å². The second-order valence-corrected chi connectivity index (χ2v) is 10.7. The van der Waals surface area contributed by atoms with Crippen molar-refractivity contribution in [1.29, 1.82) is 0 Å². The smallest absolute Gasteiger partial charge is 0.321 e. The third-order valence-electron chi connectivity index (χ3n) is 7.83. The van der Waals surface area contributed by atoms with Gasteiger partial charge in [-0.1, -0.05) is 146 Å². The van der Waals surface area contributed by atoms with E-state index in [1.807, 2.05) is 146 Å². The molecule has 214 valence electrons. The van der Waals surface area contributed by atoms with Crippen LogP contribution in [0.4, 0.5) is 4.79 Å². The lowest BCUT2D eigenvalue weighted by Gasteiger charge is -2.34. The van der Waals surface area contributed by atoms with Crippen LogP contribution in [0.5, 0.6) is 0 Å². The van der Waals surface area contributed by atoms with Crippen LogP contribution >= 0.6 is 0 Å². The number of hydrogen-bond acceptors (Lipinski definition) is 3. The van der Waals surface area contributed by atoms with E-state index < -0.39 is 24.3 Å². The Balaban J connectivity index is 1.50. The predicted molar refractivity (Wildman–Crippen MR) is 170 cm³/mol. The molecule has 2 amide bonds. The summed E-state index contributed by atoms with van der Waals surface area (Å²) in [4.78, 5) is 17.9. The summed E-state index contributed by atoms with van der Waals surface area (Å²) in [5.41, 5.74) is 4.06. The van der Waals surface area contributed by atoms with Crippen molar-refractivity contribution in [1.82, 2.24) is 9.80 Å². The van der Waals surface area contributed by atoms with Crippen LogP contribution in [0.2, 0.25) is 0 Å². The summed E-state index contributed by atoms with van der Waals surface area (Å²) in [5.74, 6) is 0. The number of benzene rings is 4. The van der Waals surface area contributed by atoms with E-state index in [1.54, 1.807) is 9.80 Å². The molecule has 4 aromatic rings. The molecular weight excluding hydrogens is 520 g/mol. The van der Waals surface area contributed by atoms with Crippen molar-refractivity contribution in [2.24, 2.45) is 0 Å². The van der Waals surface area contributed by atoms with Crippen molar-refractivity contribution in [2.75, 3.05) is 13.1 Å². The molecule has 0 radical (unpaired) electrons. The maximum atomic E-state index is 14.5. The Morgan fingerprint density at radius 2 is 0.857 bits per heavy atom. The standard InChI is InChI=1S/C37H38N2O3/c40-35-33(27-31-19-9-3-10-20-31)38(25-13-23-29-15-5-1-6-16-29)37(42)39(26-14-24-30-17-7-2-8-18-30)34(36(35)41)28-32-21-11-4-12-22-32/h1-24,33-36,40-41H,25-28H2/b23-13+,24-14+/t33-,34-,35+,36+/m1/s1. The van der Waals surface area contributed by atoms with E-state index in [9.17, 15) is 15.0 Å². The fraction of sp³-hybridized carbons (Fsp3) is 0.216. The summed E-state index contributed by atoms with van der Waals surface area (Å²) >= 11 is 0. The van der Waals surface area contributed by atoms with Crippen LogP contribution < -0.4 is 0 Å². The Kier molecular flexibility index (Phi) is 9.99. The predicted octanol–water partition coefficient (Wildman–Crippen LogP) is 6.10. The molecule has 1 aliphatic rings. The fourth-order valence-electron chi connectivity index (χ4n) is 5.61. The monoisotopic (exact) mass is 558 g/mol. The molecule has 1 saturated heterocycles. The zero-order chi connectivity index (χ0) is 29.1. The summed E-state index contributed by atoms with van der Waals surface area (Å²) in [6, 6.07) is 38.1. The molecular formula is C37H38N2O3. The molecule has 0 aliphatic carbocycles. The van der Waals surface area contributed by atoms with Gasteiger partial charge in [0.1, 0.15) is 12.2 Å². The summed E-state index contributed by atoms with van der Waals surface area (Å²) in [6.07, 6.45) is 6.46. The lowest BCUT2D eigenvalue weighted by molar-refractivity contribution is -0.0377. The number of carbonyl (C=O) groups is 1. The van der Waals surface area contributed by atoms with Gasteiger partial charge in [0.05, 0.1) is 12.1 Å². The van der Waals surface area contributed by atoms with Gasteiger partial charge in [0.25, 0.3) is 0 Å². The number of hydrogen-bond donors (Lipinski definition) is 2. The molecule has 0 saturated carbocycles. The molecule has 5 heteroatoms. The highest BCUT2D eigenvalue weighted by Crippen LogP contribution is 2.27. The summed E-state index contributed by atoms with van der Waals surface area (Å²) in [5, 5.41) is 23.5. The number of amides is 2. The molecule has 42 heavy (non-hydrogen) atoms. The summed E-state index contributed by atoms with van der Waals surface area (Å²) in [6.45, 7) is 0.595. The Bertz CT molecular complexity index is 1330. The van der Waals surface area contributed by atoms with Gasteiger partial charge in [0.2, 0.25) is 0 Å². The lowest BCUT2D eigenvalue weighted by Crippen LogP contribution is -2.51. The Morgan fingerprint density at radius 1 is 0.524 bits per heavy atom. The van der Waals surface area contributed by atoms with Crippen molar-refractivity contribution in [3.63, 3.8) is 0 Å². The minimum atomic E-state index is -1.14. The van der Waals surface area contributed by atoms with Crippen LogP contribution in [0, 0.1) is 0 Å². The third-order valence-corrected chi connectivity index (χ3v) is 7.83. The fourth-order valence-corrected chi connectivity index (χ4v) is 5.61. The Labute approximate surface area is 248 Å². The largest absolute Gasteiger partial charge is 0.388 e. The lowest BCUT2D eigenvalue weighted by atomic mass is 9.91. The van der Waals surface area contributed by atoms with Gasteiger partial charge in [-0.25, -0.2) is 4.79 Å². The number of aliphatic hydroxyl groups is 2. The first-order valence-electron chi connectivity index (χ1n) is 14.5. The summed E-state index contributed by atoms with van der Waals surface area (Å²) < 4.78 is 0. The molecule has 0 bridgehead atoms. The van der Waals surface area contributed by atoms with Crippen LogP contribution in [-0.4, -0.2) is 63.4 Å². The minimum Gasteiger partial charge on any atom is -0.388 e. The van der Waals surface area contributed by atoms with Crippen LogP contribution in [-0.2, 0) is 12.8 Å². The number of rotatable bonds is 10. The average molecular weight is 559 g/mol. The second kappa shape index (κ2) is 14.4. The van der Waals surface area contributed by atoms with E-state index in [2.05, 4.69) is 0 Å². The van der Waals surface area contributed by atoms with Crippen molar-refractivity contribution in [3.8, 4) is 0 Å². The highest BCUT2D eigenvalue weighted by molar-refractivity contribution is 5.77. The second-order valence-electron chi connectivity index (χ2n) is 10.7. The van der Waals surface area contributed by atoms with Gasteiger partial charge in [-0.05, 0) is 35.1 Å². The molecule has 0 spiro atoms. The van der Waals surface area contributed by atoms with Crippen molar-refractivity contribution in [3.05, 3.63) is 156 Å². The number of nitrogens with zero attached hydrogens (tertiary/aromatic N) is 2. The molecule has 1 heterocycles. The van der Waals surface area contributed by atoms with Gasteiger partial charge in [-0.15, -0.1) is 0 Å². The van der Waals surface area contributed by atoms with Crippen LogP contribution in [0.1, 0.15) is 22.3 Å². The molecule has 1 aliphatic heterocycles. The van der Waals surface area contributed by atoms with E-state index in [0.717, 1.165) is 22.3 Å². The van der Waals surface area contributed by atoms with Crippen molar-refractivity contribution in [2.45, 2.75) is 37.1 Å². The summed E-state index contributed by atoms with van der Waals surface area (Å²) in [7, 11) is 0. The van der Waals surface area contributed by atoms with Gasteiger partial charge >= 0.3 is 6.03 Å². The van der Waals surface area contributed by atoms with Gasteiger partial charge < -0.3 is 20.0 Å². The first-order valence-corrected chi connectivity index (χ1v) is 14.5. The number of urea groups is 1. The zero-order valence-electron chi connectivity index (χ0n) is 23.7. The van der Waals surface area contributed by atoms with E-state index >= 15 is 0 Å². The van der Waals surface area contributed by atoms with Gasteiger partial charge in [-0.3, -0.25) is 0 Å². The quantitative estimate of drug-likeness (QED) is 0.247. The first kappa shape index (κ1) is 29.1. The van der Waals surface area contributed by atoms with Crippen molar-refractivity contribution >= 4 is 18.2 Å². The number of aliphatic hydroxyl groups excluding tert-OH is 2. The van der Waals surface area contributed by atoms with E-state index in [4.69, 9.17) is 0 Å². The van der Waals surface area contributed by atoms with Gasteiger partial charge in [0, 0.05) is 13.1 Å². The molecule has 5 nitrogen and oxygen atoms in total.